The number of hydrogen-bond acceptors (Lipinski definition) is 6. The summed E-state index contributed by atoms with van der Waals surface area (Å²) < 4.78 is 20.5. The van der Waals surface area contributed by atoms with Crippen molar-refractivity contribution in [2.45, 2.75) is 70.3 Å². The smallest absolute Gasteiger partial charge is 0.407 e. The number of allylic oxidation sites excluding steroid dienone is 2. The van der Waals surface area contributed by atoms with Crippen LogP contribution in [-0.4, -0.2) is 64.9 Å². The molecule has 0 aromatic rings. The van der Waals surface area contributed by atoms with E-state index in [4.69, 9.17) is 14.2 Å². The van der Waals surface area contributed by atoms with Crippen LogP contribution in [0.3, 0.4) is 0 Å². The van der Waals surface area contributed by atoms with Crippen LogP contribution in [0.25, 0.3) is 0 Å². The van der Waals surface area contributed by atoms with E-state index in [-0.39, 0.29) is 15.1 Å². The van der Waals surface area contributed by atoms with Crippen molar-refractivity contribution in [2.75, 3.05) is 46.6 Å². The molecule has 8 nitrogen and oxygen atoms in total. The lowest BCUT2D eigenvalue weighted by atomic mass is 10.0. The molecule has 2 N–H and O–H groups in total. The third kappa shape index (κ3) is 14.1. The first kappa shape index (κ1) is 28.0. The Bertz CT molecular complexity index is 667. The highest BCUT2D eigenvalue weighted by Gasteiger charge is 2.35. The maximum atomic E-state index is 11.7. The van der Waals surface area contributed by atoms with Gasteiger partial charge in [-0.1, -0.05) is 12.2 Å². The van der Waals surface area contributed by atoms with Crippen LogP contribution in [0.2, 0.25) is 0 Å². The molecule has 34 heavy (non-hydrogen) atoms. The Balaban J connectivity index is 0.000000925. The number of nitrogens with one attached hydrogen (secondary N) is 2. The molecule has 0 radical (unpaired) electrons. The number of rotatable bonds is 10. The van der Waals surface area contributed by atoms with Crippen molar-refractivity contribution in [3.8, 4) is 11.8 Å². The monoisotopic (exact) mass is 482 g/mol. The van der Waals surface area contributed by atoms with Crippen LogP contribution in [0.5, 0.6) is 0 Å². The summed E-state index contributed by atoms with van der Waals surface area (Å²) in [6, 6.07) is 0. The van der Waals surface area contributed by atoms with Gasteiger partial charge in [0.25, 0.3) is 0 Å². The van der Waals surface area contributed by atoms with Crippen LogP contribution in [0, 0.1) is 23.7 Å². The first-order valence-electron chi connectivity index (χ1n) is 12.7. The molecule has 0 bridgehead atoms. The van der Waals surface area contributed by atoms with Gasteiger partial charge in [-0.25, -0.2) is 9.59 Å². The van der Waals surface area contributed by atoms with Gasteiger partial charge in [0.1, 0.15) is 6.10 Å². The molecule has 196 valence electrons. The fourth-order valence-corrected chi connectivity index (χ4v) is 3.99. The molecule has 3 atom stereocenters. The molecule has 2 amide bonds. The summed E-state index contributed by atoms with van der Waals surface area (Å²) in [4.78, 5) is 22.5. The highest BCUT2D eigenvalue weighted by atomic mass is 16.6. The van der Waals surface area contributed by atoms with Crippen molar-refractivity contribution >= 4 is 12.2 Å². The summed E-state index contributed by atoms with van der Waals surface area (Å²) in [6.45, 7) is 2.41. The first-order valence-corrected chi connectivity index (χ1v) is 12.7. The van der Waals surface area contributed by atoms with Crippen molar-refractivity contribution in [3.05, 3.63) is 12.2 Å². The lowest BCUT2D eigenvalue weighted by Gasteiger charge is -2.18. The van der Waals surface area contributed by atoms with Gasteiger partial charge in [0.2, 0.25) is 0 Å². The third-order valence-electron chi connectivity index (χ3n) is 6.06. The predicted molar refractivity (Wildman–Crippen MR) is 135 cm³/mol. The van der Waals surface area contributed by atoms with Gasteiger partial charge in [-0.15, -0.1) is 11.8 Å². The minimum absolute atomic E-state index is 0. The summed E-state index contributed by atoms with van der Waals surface area (Å²) in [5.74, 6) is 8.55. The summed E-state index contributed by atoms with van der Waals surface area (Å²) >= 11 is 0. The molecule has 0 aromatic heterocycles. The number of methoxy groups -OCH3 is 1. The molecule has 0 aromatic carbocycles. The molecule has 8 heteroatoms. The van der Waals surface area contributed by atoms with Crippen LogP contribution in [0.4, 0.5) is 9.59 Å². The van der Waals surface area contributed by atoms with E-state index in [9.17, 15) is 9.59 Å². The number of carbonyl (C=O) groups excluding carboxylic acids is 2. The van der Waals surface area contributed by atoms with Crippen molar-refractivity contribution in [1.82, 2.24) is 10.6 Å². The minimum atomic E-state index is -0.478. The number of hydrogen-bond donors (Lipinski definition) is 2. The van der Waals surface area contributed by atoms with Crippen molar-refractivity contribution in [3.63, 3.8) is 0 Å². The maximum Gasteiger partial charge on any atom is 0.407 e. The summed E-state index contributed by atoms with van der Waals surface area (Å²) in [7, 11) is 1.31. The molecule has 1 unspecified atom stereocenters. The van der Waals surface area contributed by atoms with E-state index in [0.29, 0.717) is 39.5 Å². The quantitative estimate of drug-likeness (QED) is 0.267. The van der Waals surface area contributed by atoms with Crippen molar-refractivity contribution in [1.29, 1.82) is 0 Å². The molecular weight excluding hydrogens is 436 g/mol. The normalized spacial score (nSPS) is 24.0. The van der Waals surface area contributed by atoms with Gasteiger partial charge in [-0.05, 0) is 63.2 Å². The fourth-order valence-electron chi connectivity index (χ4n) is 3.99. The Morgan fingerprint density at radius 2 is 1.47 bits per heavy atom. The summed E-state index contributed by atoms with van der Waals surface area (Å²) in [6.07, 6.45) is 14.9. The van der Waals surface area contributed by atoms with E-state index in [0.717, 1.165) is 43.9 Å². The highest BCUT2D eigenvalue weighted by Crippen LogP contribution is 2.45. The van der Waals surface area contributed by atoms with Gasteiger partial charge in [0, 0.05) is 28.8 Å². The Kier molecular flexibility index (Phi) is 14.9. The second-order valence-electron chi connectivity index (χ2n) is 8.76. The molecule has 0 heterocycles. The number of carbonyl (C=O) groups is 2. The Labute approximate surface area is 207 Å². The van der Waals surface area contributed by atoms with Gasteiger partial charge in [-0.3, -0.25) is 0 Å². The standard InChI is InChI=1S/C17H30N2O6.C9H12.2H2/c1-22-16(20)18-9-11-23-13-14-24-12-10-19-17(21)25-15-7-5-3-2-4-6-8-15;1-2-4-6-9-7-8(9)5-3-1;;/h2-3,15H,4-14H2,1H3,(H,18,20)(H,19,21);8-9H,3-7H2;2*1H/b3-2+;;;/t;8-,9+;;. The Morgan fingerprint density at radius 1 is 0.853 bits per heavy atom. The van der Waals surface area contributed by atoms with Gasteiger partial charge >= 0.3 is 12.2 Å². The van der Waals surface area contributed by atoms with Gasteiger partial charge < -0.3 is 29.6 Å². The van der Waals surface area contributed by atoms with Crippen LogP contribution >= 0.6 is 0 Å². The summed E-state index contributed by atoms with van der Waals surface area (Å²) in [5.41, 5.74) is 0. The van der Waals surface area contributed by atoms with E-state index in [1.54, 1.807) is 0 Å². The van der Waals surface area contributed by atoms with Crippen LogP contribution in [0.1, 0.15) is 67.1 Å². The van der Waals surface area contributed by atoms with Gasteiger partial charge in [-0.2, -0.15) is 0 Å². The average Bonchev–Trinajstić information content (AvgIpc) is 3.53. The molecule has 1 saturated carbocycles. The van der Waals surface area contributed by atoms with Crippen LogP contribution < -0.4 is 10.6 Å². The molecule has 3 aliphatic carbocycles. The van der Waals surface area contributed by atoms with Gasteiger partial charge in [0.15, 0.2) is 0 Å². The number of fused-ring (bicyclic) bond motifs is 1. The van der Waals surface area contributed by atoms with E-state index in [2.05, 4.69) is 39.4 Å². The van der Waals surface area contributed by atoms with E-state index in [1.165, 1.54) is 39.2 Å². The minimum Gasteiger partial charge on any atom is -0.453 e. The first-order chi connectivity index (χ1) is 16.7. The summed E-state index contributed by atoms with van der Waals surface area (Å²) in [5, 5.41) is 5.19. The lowest BCUT2D eigenvalue weighted by Crippen LogP contribution is -2.32. The number of alkyl carbamates (subject to hydrolysis) is 2. The van der Waals surface area contributed by atoms with Crippen molar-refractivity contribution in [2.24, 2.45) is 11.8 Å². The molecular formula is C26H46N2O6. The fraction of sp³-hybridized carbons (Fsp3) is 0.769. The van der Waals surface area contributed by atoms with E-state index >= 15 is 0 Å². The topological polar surface area (TPSA) is 95.1 Å². The lowest BCUT2D eigenvalue weighted by molar-refractivity contribution is 0.0472. The molecule has 0 saturated heterocycles. The Morgan fingerprint density at radius 3 is 2.12 bits per heavy atom. The SMILES string of the molecule is C1#CCC[C@H]2C[C@H]2CC1.COC(=O)NCCOCCOCCNC(=O)OC1CC/C=C/CCC1.[HH].[HH]. The zero-order valence-electron chi connectivity index (χ0n) is 20.6. The van der Waals surface area contributed by atoms with Crippen molar-refractivity contribution < 1.29 is 31.4 Å². The van der Waals surface area contributed by atoms with Crippen LogP contribution in [0.15, 0.2) is 12.2 Å². The maximum absolute atomic E-state index is 11.7. The molecule has 3 rings (SSSR count). The highest BCUT2D eigenvalue weighted by molar-refractivity contribution is 5.67. The largest absolute Gasteiger partial charge is 0.453 e. The average molecular weight is 483 g/mol. The van der Waals surface area contributed by atoms with E-state index in [1.807, 2.05) is 0 Å². The zero-order valence-corrected chi connectivity index (χ0v) is 20.6. The molecule has 3 aliphatic rings. The second kappa shape index (κ2) is 18.1. The van der Waals surface area contributed by atoms with Gasteiger partial charge in [0.05, 0.1) is 33.5 Å². The molecule has 1 fully saturated rings. The Hall–Kier alpha value is -2.24. The molecule has 0 aliphatic heterocycles. The predicted octanol–water partition coefficient (Wildman–Crippen LogP) is 4.68. The number of amides is 2. The van der Waals surface area contributed by atoms with Crippen LogP contribution in [-0.2, 0) is 18.9 Å². The number of ether oxygens (including phenoxy) is 4. The second-order valence-corrected chi connectivity index (χ2v) is 8.76. The van der Waals surface area contributed by atoms with E-state index < -0.39 is 6.09 Å². The molecule has 0 spiro atoms. The zero-order chi connectivity index (χ0) is 24.3. The third-order valence-corrected chi connectivity index (χ3v) is 6.06.